The van der Waals surface area contributed by atoms with Crippen molar-refractivity contribution in [3.8, 4) is 6.07 Å². The highest BCUT2D eigenvalue weighted by Crippen LogP contribution is 2.24. The van der Waals surface area contributed by atoms with Gasteiger partial charge in [0, 0.05) is 11.0 Å². The van der Waals surface area contributed by atoms with E-state index in [9.17, 15) is 0 Å². The number of anilines is 1. The first kappa shape index (κ1) is 12.7. The molecular weight excluding hydrogens is 288 g/mol. The van der Waals surface area contributed by atoms with E-state index in [0.717, 1.165) is 10.2 Å². The van der Waals surface area contributed by atoms with Crippen LogP contribution in [0.2, 0.25) is 0 Å². The minimum Gasteiger partial charge on any atom is -0.380 e. The molecule has 0 aliphatic carbocycles. The number of hydrogen-bond acceptors (Lipinski definition) is 2. The number of aryl methyl sites for hydroxylation is 1. The molecule has 0 unspecified atom stereocenters. The number of nitriles is 1. The van der Waals surface area contributed by atoms with Gasteiger partial charge in [0.2, 0.25) is 0 Å². The second kappa shape index (κ2) is 5.70. The van der Waals surface area contributed by atoms with Crippen molar-refractivity contribution in [2.75, 3.05) is 5.32 Å². The summed E-state index contributed by atoms with van der Waals surface area (Å²) in [5, 5.41) is 12.4. The minimum absolute atomic E-state index is 0.644. The third-order valence-electron chi connectivity index (χ3n) is 2.69. The molecule has 0 fully saturated rings. The third-order valence-corrected chi connectivity index (χ3v) is 3.35. The summed E-state index contributed by atoms with van der Waals surface area (Å²) >= 11 is 3.38. The number of benzene rings is 2. The van der Waals surface area contributed by atoms with E-state index in [-0.39, 0.29) is 0 Å². The number of halogens is 1. The second-order valence-electron chi connectivity index (χ2n) is 4.12. The van der Waals surface area contributed by atoms with E-state index >= 15 is 0 Å². The summed E-state index contributed by atoms with van der Waals surface area (Å²) in [4.78, 5) is 0. The molecule has 2 aromatic carbocycles. The lowest BCUT2D eigenvalue weighted by Gasteiger charge is -2.09. The first-order valence-electron chi connectivity index (χ1n) is 5.69. The van der Waals surface area contributed by atoms with Gasteiger partial charge in [0.05, 0.1) is 11.3 Å². The fourth-order valence-electron chi connectivity index (χ4n) is 1.80. The molecule has 2 rings (SSSR count). The molecule has 0 amide bonds. The Bertz CT molecular complexity index is 600. The van der Waals surface area contributed by atoms with Gasteiger partial charge in [-0.15, -0.1) is 0 Å². The van der Waals surface area contributed by atoms with Gasteiger partial charge in [-0.2, -0.15) is 5.26 Å². The summed E-state index contributed by atoms with van der Waals surface area (Å²) in [5.74, 6) is 0. The highest BCUT2D eigenvalue weighted by Gasteiger charge is 2.05. The largest absolute Gasteiger partial charge is 0.380 e. The van der Waals surface area contributed by atoms with Gasteiger partial charge in [-0.3, -0.25) is 0 Å². The van der Waals surface area contributed by atoms with E-state index < -0.39 is 0 Å². The van der Waals surface area contributed by atoms with Crippen molar-refractivity contribution in [1.29, 1.82) is 5.26 Å². The summed E-state index contributed by atoms with van der Waals surface area (Å²) < 4.78 is 0.819. The van der Waals surface area contributed by atoms with Crippen LogP contribution < -0.4 is 5.32 Å². The molecule has 0 heterocycles. The quantitative estimate of drug-likeness (QED) is 0.920. The fraction of sp³-hybridized carbons (Fsp3) is 0.133. The van der Waals surface area contributed by atoms with E-state index in [1.54, 1.807) is 0 Å². The van der Waals surface area contributed by atoms with Gasteiger partial charge >= 0.3 is 0 Å². The lowest BCUT2D eigenvalue weighted by molar-refractivity contribution is 1.14. The summed E-state index contributed by atoms with van der Waals surface area (Å²) in [7, 11) is 0. The van der Waals surface area contributed by atoms with Gasteiger partial charge in [-0.05, 0) is 40.5 Å². The molecule has 2 aromatic rings. The van der Waals surface area contributed by atoms with Crippen LogP contribution in [0.3, 0.4) is 0 Å². The van der Waals surface area contributed by atoms with E-state index in [1.807, 2.05) is 24.3 Å². The highest BCUT2D eigenvalue weighted by atomic mass is 79.9. The van der Waals surface area contributed by atoms with Gasteiger partial charge < -0.3 is 5.32 Å². The van der Waals surface area contributed by atoms with Crippen LogP contribution in [0.25, 0.3) is 0 Å². The molecule has 90 valence electrons. The van der Waals surface area contributed by atoms with E-state index in [1.165, 1.54) is 11.1 Å². The molecule has 18 heavy (non-hydrogen) atoms. The average Bonchev–Trinajstić information content (AvgIpc) is 2.36. The van der Waals surface area contributed by atoms with Crippen LogP contribution in [0.5, 0.6) is 0 Å². The molecule has 0 saturated heterocycles. The highest BCUT2D eigenvalue weighted by molar-refractivity contribution is 9.10. The minimum atomic E-state index is 0.644. The molecule has 0 spiro atoms. The van der Waals surface area contributed by atoms with Gasteiger partial charge in [0.15, 0.2) is 0 Å². The molecule has 2 nitrogen and oxygen atoms in total. The smallest absolute Gasteiger partial charge is 0.103 e. The standard InChI is InChI=1S/C15H13BrN2/c1-11-4-2-5-12(8-11)10-18-15-7-3-6-14(16)13(15)9-17/h2-8,18H,10H2,1H3. The van der Waals surface area contributed by atoms with Crippen LogP contribution in [-0.4, -0.2) is 0 Å². The Kier molecular flexibility index (Phi) is 4.01. The Balaban J connectivity index is 2.16. The predicted octanol–water partition coefficient (Wildman–Crippen LogP) is 4.24. The van der Waals surface area contributed by atoms with Gasteiger partial charge in [-0.25, -0.2) is 0 Å². The lowest BCUT2D eigenvalue weighted by Crippen LogP contribution is -2.01. The molecule has 0 saturated carbocycles. The molecule has 0 bridgehead atoms. The number of hydrogen-bond donors (Lipinski definition) is 1. The molecule has 1 N–H and O–H groups in total. The van der Waals surface area contributed by atoms with Gasteiger partial charge in [0.1, 0.15) is 6.07 Å². The van der Waals surface area contributed by atoms with Gasteiger partial charge in [0.25, 0.3) is 0 Å². The summed E-state index contributed by atoms with van der Waals surface area (Å²) in [6.07, 6.45) is 0. The van der Waals surface area contributed by atoms with Crippen LogP contribution in [-0.2, 0) is 6.54 Å². The Morgan fingerprint density at radius 3 is 2.72 bits per heavy atom. The molecule has 0 radical (unpaired) electrons. The monoisotopic (exact) mass is 300 g/mol. The number of rotatable bonds is 3. The summed E-state index contributed by atoms with van der Waals surface area (Å²) in [5.41, 5.74) is 3.95. The van der Waals surface area contributed by atoms with E-state index in [4.69, 9.17) is 5.26 Å². The maximum absolute atomic E-state index is 9.12. The molecule has 0 aliphatic heterocycles. The summed E-state index contributed by atoms with van der Waals surface area (Å²) in [6.45, 7) is 2.79. The van der Waals surface area contributed by atoms with Crippen LogP contribution in [0.1, 0.15) is 16.7 Å². The van der Waals surface area contributed by atoms with Crippen molar-refractivity contribution in [2.24, 2.45) is 0 Å². The molecule has 0 aliphatic rings. The maximum atomic E-state index is 9.12. The first-order valence-corrected chi connectivity index (χ1v) is 6.48. The van der Waals surface area contributed by atoms with E-state index in [0.29, 0.717) is 12.1 Å². The van der Waals surface area contributed by atoms with Crippen LogP contribution in [0.15, 0.2) is 46.9 Å². The van der Waals surface area contributed by atoms with Crippen LogP contribution in [0, 0.1) is 18.3 Å². The fourth-order valence-corrected chi connectivity index (χ4v) is 2.26. The average molecular weight is 301 g/mol. The topological polar surface area (TPSA) is 35.8 Å². The van der Waals surface area contributed by atoms with Crippen LogP contribution in [0.4, 0.5) is 5.69 Å². The predicted molar refractivity (Wildman–Crippen MR) is 77.4 cm³/mol. The van der Waals surface area contributed by atoms with Crippen molar-refractivity contribution in [2.45, 2.75) is 13.5 Å². The Morgan fingerprint density at radius 1 is 1.22 bits per heavy atom. The first-order chi connectivity index (χ1) is 8.70. The Hall–Kier alpha value is -1.79. The normalized spacial score (nSPS) is 9.83. The second-order valence-corrected chi connectivity index (χ2v) is 4.97. The molecule has 0 aromatic heterocycles. The zero-order valence-electron chi connectivity index (χ0n) is 10.1. The van der Waals surface area contributed by atoms with Crippen molar-refractivity contribution in [1.82, 2.24) is 0 Å². The zero-order valence-corrected chi connectivity index (χ0v) is 11.7. The summed E-state index contributed by atoms with van der Waals surface area (Å²) in [6, 6.07) is 16.2. The van der Waals surface area contributed by atoms with Crippen LogP contribution >= 0.6 is 15.9 Å². The Morgan fingerprint density at radius 2 is 2.00 bits per heavy atom. The van der Waals surface area contributed by atoms with Gasteiger partial charge in [-0.1, -0.05) is 35.9 Å². The lowest BCUT2D eigenvalue weighted by atomic mass is 10.1. The van der Waals surface area contributed by atoms with Crippen molar-refractivity contribution >= 4 is 21.6 Å². The SMILES string of the molecule is Cc1cccc(CNc2cccc(Br)c2C#N)c1. The van der Waals surface area contributed by atoms with E-state index in [2.05, 4.69) is 52.4 Å². The zero-order chi connectivity index (χ0) is 13.0. The van der Waals surface area contributed by atoms with Crippen molar-refractivity contribution in [3.63, 3.8) is 0 Å². The number of nitrogens with zero attached hydrogens (tertiary/aromatic N) is 1. The number of nitrogens with one attached hydrogen (secondary N) is 1. The molecular formula is C15H13BrN2. The molecule has 3 heteroatoms. The van der Waals surface area contributed by atoms with Crippen molar-refractivity contribution in [3.05, 3.63) is 63.6 Å². The Labute approximate surface area is 115 Å². The maximum Gasteiger partial charge on any atom is 0.103 e. The van der Waals surface area contributed by atoms with Crippen molar-refractivity contribution < 1.29 is 0 Å². The molecule has 0 atom stereocenters. The third kappa shape index (κ3) is 2.91.